The number of carbonyl (C=O) groups excluding carboxylic acids is 2. The molecule has 9 heteroatoms. The van der Waals surface area contributed by atoms with Gasteiger partial charge in [-0.25, -0.2) is 9.48 Å². The van der Waals surface area contributed by atoms with Crippen molar-refractivity contribution in [1.29, 1.82) is 0 Å². The lowest BCUT2D eigenvalue weighted by molar-refractivity contribution is 0.0793. The number of hydrogen-bond acceptors (Lipinski definition) is 4. The number of rotatable bonds is 5. The van der Waals surface area contributed by atoms with E-state index in [1.807, 2.05) is 41.3 Å². The summed E-state index contributed by atoms with van der Waals surface area (Å²) in [4.78, 5) is 26.4. The molecule has 1 fully saturated rings. The largest absolute Gasteiger partial charge is 0.339 e. The molecule has 0 bridgehead atoms. The minimum Gasteiger partial charge on any atom is -0.339 e. The average molecular weight is 457 g/mol. The Morgan fingerprint density at radius 3 is 2.72 bits per heavy atom. The molecule has 2 N–H and O–H groups in total. The van der Waals surface area contributed by atoms with Gasteiger partial charge in [0.2, 0.25) is 0 Å². The monoisotopic (exact) mass is 456 g/mol. The van der Waals surface area contributed by atoms with Crippen molar-refractivity contribution < 1.29 is 9.59 Å². The third-order valence-electron chi connectivity index (χ3n) is 4.85. The van der Waals surface area contributed by atoms with Gasteiger partial charge in [-0.05, 0) is 49.2 Å². The summed E-state index contributed by atoms with van der Waals surface area (Å²) in [6.45, 7) is 2.50. The van der Waals surface area contributed by atoms with Crippen LogP contribution in [0.2, 0.25) is 0 Å². The normalized spacial score (nSPS) is 13.6. The number of benzene rings is 2. The van der Waals surface area contributed by atoms with Gasteiger partial charge in [0, 0.05) is 35.4 Å². The maximum atomic E-state index is 12.5. The molecule has 1 saturated heterocycles. The standard InChI is InChI=1S/C20H21BrN6O2/c21-15-4-3-5-16(13-15)23-20(29)22-8-11-27-18-7-6-14(12-17(18)24-25-27)19(28)26-9-1-2-10-26/h3-7,12-13H,1-2,8-11H2,(H2,22,23,29). The fourth-order valence-electron chi connectivity index (χ4n) is 3.39. The summed E-state index contributed by atoms with van der Waals surface area (Å²) in [6, 6.07) is 12.6. The maximum Gasteiger partial charge on any atom is 0.319 e. The van der Waals surface area contributed by atoms with E-state index in [1.54, 1.807) is 10.7 Å². The number of anilines is 1. The number of hydrogen-bond donors (Lipinski definition) is 2. The second-order valence-corrected chi connectivity index (χ2v) is 7.82. The molecule has 1 aliphatic heterocycles. The molecule has 0 radical (unpaired) electrons. The number of aromatic nitrogens is 3. The molecule has 1 aromatic heterocycles. The highest BCUT2D eigenvalue weighted by Crippen LogP contribution is 2.18. The Kier molecular flexibility index (Phi) is 5.75. The predicted octanol–water partition coefficient (Wildman–Crippen LogP) is 3.25. The maximum absolute atomic E-state index is 12.5. The van der Waals surface area contributed by atoms with Gasteiger partial charge in [0.1, 0.15) is 5.52 Å². The highest BCUT2D eigenvalue weighted by Gasteiger charge is 2.20. The van der Waals surface area contributed by atoms with Crippen LogP contribution in [0, 0.1) is 0 Å². The molecular weight excluding hydrogens is 436 g/mol. The van der Waals surface area contributed by atoms with E-state index >= 15 is 0 Å². The SMILES string of the molecule is O=C(NCCn1nnc2cc(C(=O)N3CCCC3)ccc21)Nc1cccc(Br)c1. The molecule has 0 unspecified atom stereocenters. The Morgan fingerprint density at radius 1 is 1.10 bits per heavy atom. The lowest BCUT2D eigenvalue weighted by Gasteiger charge is -2.14. The van der Waals surface area contributed by atoms with Gasteiger partial charge >= 0.3 is 6.03 Å². The van der Waals surface area contributed by atoms with Crippen LogP contribution < -0.4 is 10.6 Å². The first-order chi connectivity index (χ1) is 14.1. The summed E-state index contributed by atoms with van der Waals surface area (Å²) >= 11 is 3.37. The number of carbonyl (C=O) groups is 2. The number of fused-ring (bicyclic) bond motifs is 1. The van der Waals surface area contributed by atoms with E-state index < -0.39 is 0 Å². The number of nitrogens with zero attached hydrogens (tertiary/aromatic N) is 4. The molecule has 0 aliphatic carbocycles. The van der Waals surface area contributed by atoms with Crippen LogP contribution in [0.25, 0.3) is 11.0 Å². The van der Waals surface area contributed by atoms with Gasteiger partial charge < -0.3 is 15.5 Å². The number of halogens is 1. The zero-order valence-electron chi connectivity index (χ0n) is 15.8. The summed E-state index contributed by atoms with van der Waals surface area (Å²) in [6.07, 6.45) is 2.12. The van der Waals surface area contributed by atoms with Gasteiger partial charge in [0.25, 0.3) is 5.91 Å². The van der Waals surface area contributed by atoms with Gasteiger partial charge in [-0.1, -0.05) is 27.2 Å². The van der Waals surface area contributed by atoms with Crippen LogP contribution in [0.15, 0.2) is 46.9 Å². The average Bonchev–Trinajstić information content (AvgIpc) is 3.37. The fraction of sp³-hybridized carbons (Fsp3) is 0.300. The molecule has 2 aromatic carbocycles. The molecule has 8 nitrogen and oxygen atoms in total. The summed E-state index contributed by atoms with van der Waals surface area (Å²) in [5.41, 5.74) is 2.85. The van der Waals surface area contributed by atoms with Crippen molar-refractivity contribution in [1.82, 2.24) is 25.2 Å². The summed E-state index contributed by atoms with van der Waals surface area (Å²) in [5, 5.41) is 13.9. The summed E-state index contributed by atoms with van der Waals surface area (Å²) < 4.78 is 2.62. The number of likely N-dealkylation sites (tertiary alicyclic amines) is 1. The van der Waals surface area contributed by atoms with Crippen LogP contribution in [0.5, 0.6) is 0 Å². The Labute approximate surface area is 176 Å². The van der Waals surface area contributed by atoms with E-state index in [0.717, 1.165) is 35.9 Å². The summed E-state index contributed by atoms with van der Waals surface area (Å²) in [5.74, 6) is 0.0461. The van der Waals surface area contributed by atoms with Crippen molar-refractivity contribution in [2.75, 3.05) is 25.0 Å². The van der Waals surface area contributed by atoms with E-state index in [0.29, 0.717) is 29.9 Å². The van der Waals surface area contributed by atoms with Gasteiger partial charge in [-0.3, -0.25) is 4.79 Å². The first kappa shape index (κ1) is 19.4. The molecule has 1 aliphatic rings. The number of urea groups is 1. The van der Waals surface area contributed by atoms with Gasteiger partial charge in [-0.15, -0.1) is 5.10 Å². The third kappa shape index (κ3) is 4.56. The van der Waals surface area contributed by atoms with Crippen molar-refractivity contribution >= 4 is 44.6 Å². The molecule has 0 spiro atoms. The van der Waals surface area contributed by atoms with Crippen molar-refractivity contribution in [3.63, 3.8) is 0 Å². The molecule has 3 aromatic rings. The molecule has 0 atom stereocenters. The smallest absolute Gasteiger partial charge is 0.319 e. The lowest BCUT2D eigenvalue weighted by Crippen LogP contribution is -2.31. The second kappa shape index (κ2) is 8.60. The fourth-order valence-corrected chi connectivity index (χ4v) is 3.79. The molecule has 29 heavy (non-hydrogen) atoms. The Hall–Kier alpha value is -2.94. The third-order valence-corrected chi connectivity index (χ3v) is 5.34. The van der Waals surface area contributed by atoms with E-state index in [9.17, 15) is 9.59 Å². The Balaban J connectivity index is 1.35. The molecule has 2 heterocycles. The van der Waals surface area contributed by atoms with E-state index in [-0.39, 0.29) is 11.9 Å². The van der Waals surface area contributed by atoms with Crippen LogP contribution in [0.1, 0.15) is 23.2 Å². The van der Waals surface area contributed by atoms with Crippen LogP contribution in [0.4, 0.5) is 10.5 Å². The topological polar surface area (TPSA) is 92.1 Å². The minimum absolute atomic E-state index is 0.0461. The van der Waals surface area contributed by atoms with Crippen molar-refractivity contribution in [3.05, 3.63) is 52.5 Å². The number of amides is 3. The molecule has 4 rings (SSSR count). The van der Waals surface area contributed by atoms with E-state index in [2.05, 4.69) is 36.9 Å². The van der Waals surface area contributed by atoms with Crippen LogP contribution in [-0.2, 0) is 6.54 Å². The molecule has 150 valence electrons. The van der Waals surface area contributed by atoms with E-state index in [1.165, 1.54) is 0 Å². The van der Waals surface area contributed by atoms with Crippen molar-refractivity contribution in [2.45, 2.75) is 19.4 Å². The zero-order chi connectivity index (χ0) is 20.2. The van der Waals surface area contributed by atoms with Crippen molar-refractivity contribution in [3.8, 4) is 0 Å². The quantitative estimate of drug-likeness (QED) is 0.616. The van der Waals surface area contributed by atoms with E-state index in [4.69, 9.17) is 0 Å². The molecular formula is C20H21BrN6O2. The van der Waals surface area contributed by atoms with Gasteiger partial charge in [0.15, 0.2) is 0 Å². The van der Waals surface area contributed by atoms with Crippen LogP contribution in [0.3, 0.4) is 0 Å². The first-order valence-corrected chi connectivity index (χ1v) is 10.3. The predicted molar refractivity (Wildman–Crippen MR) is 114 cm³/mol. The van der Waals surface area contributed by atoms with Gasteiger partial charge in [0.05, 0.1) is 12.1 Å². The highest BCUT2D eigenvalue weighted by atomic mass is 79.9. The number of nitrogens with one attached hydrogen (secondary N) is 2. The second-order valence-electron chi connectivity index (χ2n) is 6.91. The lowest BCUT2D eigenvalue weighted by atomic mass is 10.1. The minimum atomic E-state index is -0.286. The van der Waals surface area contributed by atoms with Crippen molar-refractivity contribution in [2.24, 2.45) is 0 Å². The molecule has 0 saturated carbocycles. The van der Waals surface area contributed by atoms with Crippen LogP contribution in [-0.4, -0.2) is 51.5 Å². The first-order valence-electron chi connectivity index (χ1n) is 9.53. The highest BCUT2D eigenvalue weighted by molar-refractivity contribution is 9.10. The summed E-state index contributed by atoms with van der Waals surface area (Å²) in [7, 11) is 0. The van der Waals surface area contributed by atoms with Gasteiger partial charge in [-0.2, -0.15) is 0 Å². The Morgan fingerprint density at radius 2 is 1.93 bits per heavy atom. The van der Waals surface area contributed by atoms with Crippen LogP contribution >= 0.6 is 15.9 Å². The zero-order valence-corrected chi connectivity index (χ0v) is 17.4. The Bertz CT molecular complexity index is 1040. The molecule has 3 amide bonds.